The van der Waals surface area contributed by atoms with Gasteiger partial charge in [-0.3, -0.25) is 0 Å². The van der Waals surface area contributed by atoms with Crippen LogP contribution in [0, 0.1) is 11.6 Å². The van der Waals surface area contributed by atoms with E-state index in [1.54, 1.807) is 6.07 Å². The van der Waals surface area contributed by atoms with E-state index in [1.807, 2.05) is 18.2 Å². The molecule has 100 valence electrons. The van der Waals surface area contributed by atoms with Crippen molar-refractivity contribution in [2.45, 2.75) is 13.0 Å². The smallest absolute Gasteiger partial charge is 0.130 e. The average molecular weight is 263 g/mol. The fourth-order valence-corrected chi connectivity index (χ4v) is 1.77. The van der Waals surface area contributed by atoms with Crippen LogP contribution in [-0.2, 0) is 13.0 Å². The molecule has 2 nitrogen and oxygen atoms in total. The van der Waals surface area contributed by atoms with Crippen molar-refractivity contribution in [3.8, 4) is 5.75 Å². The molecule has 0 unspecified atom stereocenters. The number of hydrogen-bond donors (Lipinski definition) is 1. The maximum atomic E-state index is 13.4. The number of ether oxygens (including phenoxy) is 1. The largest absolute Gasteiger partial charge is 0.489 e. The number of halogens is 2. The van der Waals surface area contributed by atoms with Gasteiger partial charge in [-0.05, 0) is 48.9 Å². The molecule has 2 N–H and O–H groups in total. The van der Waals surface area contributed by atoms with Crippen molar-refractivity contribution in [2.24, 2.45) is 5.73 Å². The van der Waals surface area contributed by atoms with Gasteiger partial charge in [0.2, 0.25) is 0 Å². The first kappa shape index (κ1) is 13.5. The topological polar surface area (TPSA) is 35.2 Å². The Morgan fingerprint density at radius 3 is 2.68 bits per heavy atom. The van der Waals surface area contributed by atoms with E-state index in [9.17, 15) is 8.78 Å². The highest BCUT2D eigenvalue weighted by Gasteiger charge is 2.05. The zero-order valence-corrected chi connectivity index (χ0v) is 10.4. The first-order valence-electron chi connectivity index (χ1n) is 6.05. The fourth-order valence-electron chi connectivity index (χ4n) is 1.77. The summed E-state index contributed by atoms with van der Waals surface area (Å²) < 4.78 is 31.9. The van der Waals surface area contributed by atoms with E-state index in [-0.39, 0.29) is 12.2 Å². The molecule has 0 fully saturated rings. The molecule has 0 amide bonds. The third-order valence-electron chi connectivity index (χ3n) is 2.73. The van der Waals surface area contributed by atoms with Gasteiger partial charge in [0.1, 0.15) is 24.0 Å². The first-order chi connectivity index (χ1) is 9.19. The van der Waals surface area contributed by atoms with Crippen LogP contribution in [0.4, 0.5) is 8.78 Å². The summed E-state index contributed by atoms with van der Waals surface area (Å²) in [4.78, 5) is 0. The van der Waals surface area contributed by atoms with E-state index >= 15 is 0 Å². The van der Waals surface area contributed by atoms with Crippen molar-refractivity contribution in [1.82, 2.24) is 0 Å². The zero-order chi connectivity index (χ0) is 13.7. The Morgan fingerprint density at radius 1 is 1.05 bits per heavy atom. The third-order valence-corrected chi connectivity index (χ3v) is 2.73. The summed E-state index contributed by atoms with van der Waals surface area (Å²) >= 11 is 0. The predicted molar refractivity (Wildman–Crippen MR) is 69.9 cm³/mol. The second kappa shape index (κ2) is 6.29. The summed E-state index contributed by atoms with van der Waals surface area (Å²) in [6.07, 6.45) is 0.755. The van der Waals surface area contributed by atoms with Crippen LogP contribution in [0.25, 0.3) is 0 Å². The van der Waals surface area contributed by atoms with Crippen molar-refractivity contribution in [3.05, 3.63) is 65.2 Å². The molecule has 0 atom stereocenters. The average Bonchev–Trinajstić information content (AvgIpc) is 2.41. The van der Waals surface area contributed by atoms with Crippen LogP contribution in [0.5, 0.6) is 5.75 Å². The Labute approximate surface area is 110 Å². The lowest BCUT2D eigenvalue weighted by atomic mass is 10.1. The molecule has 0 aliphatic carbocycles. The second-order valence-electron chi connectivity index (χ2n) is 4.21. The standard InChI is InChI=1S/C15H15F2NO/c16-13-4-5-15(17)12(9-13)10-19-14-3-1-2-11(8-14)6-7-18/h1-5,8-9H,6-7,10,18H2. The first-order valence-corrected chi connectivity index (χ1v) is 6.05. The van der Waals surface area contributed by atoms with Gasteiger partial charge in [0.25, 0.3) is 0 Å². The molecular weight excluding hydrogens is 248 g/mol. The van der Waals surface area contributed by atoms with Gasteiger partial charge < -0.3 is 10.5 Å². The molecule has 19 heavy (non-hydrogen) atoms. The van der Waals surface area contributed by atoms with Crippen LogP contribution in [0.2, 0.25) is 0 Å². The summed E-state index contributed by atoms with van der Waals surface area (Å²) in [6, 6.07) is 10.7. The molecule has 4 heteroatoms. The Hall–Kier alpha value is -1.94. The number of hydrogen-bond acceptors (Lipinski definition) is 2. The molecule has 0 heterocycles. The predicted octanol–water partition coefficient (Wildman–Crippen LogP) is 3.05. The summed E-state index contributed by atoms with van der Waals surface area (Å²) in [5.41, 5.74) is 6.73. The molecule has 0 saturated carbocycles. The Morgan fingerprint density at radius 2 is 1.89 bits per heavy atom. The van der Waals surface area contributed by atoms with Gasteiger partial charge in [-0.1, -0.05) is 12.1 Å². The van der Waals surface area contributed by atoms with Gasteiger partial charge in [-0.2, -0.15) is 0 Å². The Bertz CT molecular complexity index is 558. The lowest BCUT2D eigenvalue weighted by Gasteiger charge is -2.08. The molecule has 0 bridgehead atoms. The van der Waals surface area contributed by atoms with Crippen LogP contribution in [0.1, 0.15) is 11.1 Å². The van der Waals surface area contributed by atoms with Crippen molar-refractivity contribution in [1.29, 1.82) is 0 Å². The molecule has 2 aromatic rings. The van der Waals surface area contributed by atoms with Gasteiger partial charge in [-0.25, -0.2) is 8.78 Å². The zero-order valence-electron chi connectivity index (χ0n) is 10.4. The molecule has 0 spiro atoms. The van der Waals surface area contributed by atoms with E-state index in [1.165, 1.54) is 0 Å². The summed E-state index contributed by atoms with van der Waals surface area (Å²) in [5, 5.41) is 0. The van der Waals surface area contributed by atoms with Crippen LogP contribution < -0.4 is 10.5 Å². The minimum Gasteiger partial charge on any atom is -0.489 e. The monoisotopic (exact) mass is 263 g/mol. The highest BCUT2D eigenvalue weighted by Crippen LogP contribution is 2.17. The normalized spacial score (nSPS) is 10.5. The Balaban J connectivity index is 2.05. The van der Waals surface area contributed by atoms with Crippen LogP contribution >= 0.6 is 0 Å². The van der Waals surface area contributed by atoms with Crippen molar-refractivity contribution >= 4 is 0 Å². The molecule has 0 aliphatic rings. The van der Waals surface area contributed by atoms with Gasteiger partial charge in [0, 0.05) is 5.56 Å². The molecular formula is C15H15F2NO. The van der Waals surface area contributed by atoms with Crippen molar-refractivity contribution in [2.75, 3.05) is 6.54 Å². The quantitative estimate of drug-likeness (QED) is 0.899. The van der Waals surface area contributed by atoms with Crippen molar-refractivity contribution < 1.29 is 13.5 Å². The summed E-state index contributed by atoms with van der Waals surface area (Å²) in [5.74, 6) is -0.328. The Kier molecular flexibility index (Phi) is 4.47. The maximum absolute atomic E-state index is 13.4. The number of rotatable bonds is 5. The maximum Gasteiger partial charge on any atom is 0.130 e. The molecule has 0 radical (unpaired) electrons. The highest BCUT2D eigenvalue weighted by molar-refractivity contribution is 5.29. The van der Waals surface area contributed by atoms with Gasteiger partial charge in [-0.15, -0.1) is 0 Å². The fraction of sp³-hybridized carbons (Fsp3) is 0.200. The third kappa shape index (κ3) is 3.76. The molecule has 2 aromatic carbocycles. The SMILES string of the molecule is NCCc1cccc(OCc2cc(F)ccc2F)c1. The van der Waals surface area contributed by atoms with Crippen molar-refractivity contribution in [3.63, 3.8) is 0 Å². The minimum atomic E-state index is -0.475. The van der Waals surface area contributed by atoms with E-state index in [0.29, 0.717) is 12.3 Å². The lowest BCUT2D eigenvalue weighted by molar-refractivity contribution is 0.298. The van der Waals surface area contributed by atoms with Crippen LogP contribution in [-0.4, -0.2) is 6.54 Å². The summed E-state index contributed by atoms with van der Waals surface area (Å²) in [6.45, 7) is 0.553. The van der Waals surface area contributed by atoms with Crippen LogP contribution in [0.15, 0.2) is 42.5 Å². The van der Waals surface area contributed by atoms with Gasteiger partial charge >= 0.3 is 0 Å². The van der Waals surface area contributed by atoms with E-state index in [2.05, 4.69) is 0 Å². The van der Waals surface area contributed by atoms with E-state index in [0.717, 1.165) is 30.2 Å². The minimum absolute atomic E-state index is 0.00429. The lowest BCUT2D eigenvalue weighted by Crippen LogP contribution is -2.03. The van der Waals surface area contributed by atoms with Gasteiger partial charge in [0.15, 0.2) is 0 Å². The molecule has 0 saturated heterocycles. The van der Waals surface area contributed by atoms with Crippen LogP contribution in [0.3, 0.4) is 0 Å². The van der Waals surface area contributed by atoms with Gasteiger partial charge in [0.05, 0.1) is 0 Å². The molecule has 0 aliphatic heterocycles. The highest BCUT2D eigenvalue weighted by atomic mass is 19.1. The number of benzene rings is 2. The second-order valence-corrected chi connectivity index (χ2v) is 4.21. The number of nitrogens with two attached hydrogens (primary N) is 1. The molecule has 2 rings (SSSR count). The van der Waals surface area contributed by atoms with E-state index < -0.39 is 11.6 Å². The van der Waals surface area contributed by atoms with E-state index in [4.69, 9.17) is 10.5 Å². The summed E-state index contributed by atoms with van der Waals surface area (Å²) in [7, 11) is 0. The molecule has 0 aromatic heterocycles.